The number of amides is 2. The first-order valence-corrected chi connectivity index (χ1v) is 13.7. The molecule has 0 unspecified atom stereocenters. The number of anilines is 1. The first-order valence-electron chi connectivity index (χ1n) is 13.7. The van der Waals surface area contributed by atoms with Crippen LogP contribution < -0.4 is 20.1 Å². The summed E-state index contributed by atoms with van der Waals surface area (Å²) in [6.07, 6.45) is 8.97. The van der Waals surface area contributed by atoms with E-state index >= 15 is 0 Å². The Bertz CT molecular complexity index is 1160. The molecule has 0 saturated heterocycles. The predicted molar refractivity (Wildman–Crippen MR) is 147 cm³/mol. The van der Waals surface area contributed by atoms with E-state index in [1.807, 2.05) is 13.8 Å². The van der Waals surface area contributed by atoms with Crippen molar-refractivity contribution in [3.05, 3.63) is 29.5 Å². The second-order valence-electron chi connectivity index (χ2n) is 10.5. The van der Waals surface area contributed by atoms with Crippen molar-refractivity contribution in [3.8, 4) is 17.2 Å². The van der Waals surface area contributed by atoms with Crippen molar-refractivity contribution in [1.29, 1.82) is 0 Å². The lowest BCUT2D eigenvalue weighted by Crippen LogP contribution is -2.33. The summed E-state index contributed by atoms with van der Waals surface area (Å²) < 4.78 is 16.5. The highest BCUT2D eigenvalue weighted by atomic mass is 16.6. The Balaban J connectivity index is 1.32. The topological polar surface area (TPSA) is 147 Å². The largest absolute Gasteiger partial charge is 0.507 e. The number of methoxy groups -OCH3 is 1. The fraction of sp³-hybridized carbons (Fsp3) is 0.571. The summed E-state index contributed by atoms with van der Waals surface area (Å²) >= 11 is 0. The van der Waals surface area contributed by atoms with E-state index in [2.05, 4.69) is 25.8 Å². The highest BCUT2D eigenvalue weighted by molar-refractivity contribution is 5.92. The second-order valence-corrected chi connectivity index (χ2v) is 10.5. The lowest BCUT2D eigenvalue weighted by molar-refractivity contribution is -0.118. The number of aromatic hydroxyl groups is 1. The summed E-state index contributed by atoms with van der Waals surface area (Å²) in [5, 5.41) is 23.2. The van der Waals surface area contributed by atoms with E-state index in [1.54, 1.807) is 18.3 Å². The lowest BCUT2D eigenvalue weighted by Gasteiger charge is -2.18. The number of aromatic nitrogens is 2. The van der Waals surface area contributed by atoms with Gasteiger partial charge in [-0.1, -0.05) is 19.3 Å². The van der Waals surface area contributed by atoms with Gasteiger partial charge in [-0.3, -0.25) is 14.9 Å². The third-order valence-electron chi connectivity index (χ3n) is 7.05. The molecule has 2 atom stereocenters. The molecule has 212 valence electrons. The maximum Gasteiger partial charge on any atom is 0.407 e. The molecular weight excluding hydrogens is 502 g/mol. The smallest absolute Gasteiger partial charge is 0.407 e. The van der Waals surface area contributed by atoms with Crippen LogP contribution in [0.25, 0.3) is 0 Å². The van der Waals surface area contributed by atoms with Gasteiger partial charge in [0.1, 0.15) is 23.4 Å². The molecule has 2 saturated carbocycles. The van der Waals surface area contributed by atoms with Gasteiger partial charge in [0.15, 0.2) is 12.4 Å². The minimum Gasteiger partial charge on any atom is -0.507 e. The number of benzene rings is 1. The van der Waals surface area contributed by atoms with Gasteiger partial charge in [-0.05, 0) is 46.0 Å². The molecule has 2 fully saturated rings. The molecule has 2 aliphatic carbocycles. The van der Waals surface area contributed by atoms with Gasteiger partial charge < -0.3 is 30.0 Å². The average molecular weight is 542 g/mol. The monoisotopic (exact) mass is 541 g/mol. The minimum atomic E-state index is -0.402. The molecule has 4 rings (SSSR count). The number of carbonyl (C=O) groups is 2. The number of hydrogen-bond donors (Lipinski definition) is 4. The third-order valence-corrected chi connectivity index (χ3v) is 7.05. The van der Waals surface area contributed by atoms with Crippen molar-refractivity contribution in [2.75, 3.05) is 19.0 Å². The van der Waals surface area contributed by atoms with E-state index in [9.17, 15) is 14.7 Å². The zero-order valence-electron chi connectivity index (χ0n) is 22.9. The Kier molecular flexibility index (Phi) is 9.67. The van der Waals surface area contributed by atoms with Crippen molar-refractivity contribution in [1.82, 2.24) is 15.5 Å². The van der Waals surface area contributed by atoms with Gasteiger partial charge in [0.2, 0.25) is 0 Å². The number of aromatic amines is 1. The molecule has 1 aromatic carbocycles. The van der Waals surface area contributed by atoms with Crippen molar-refractivity contribution in [3.63, 3.8) is 0 Å². The SMILES string of the molecule is COc1cc(O)c(C=NC2CCCCC2)c(OCC(=O)Nc2cc([C@H]3CC[C@@H](OC(=O)NC(C)C)C3)[nH]n2)c1. The van der Waals surface area contributed by atoms with E-state index < -0.39 is 12.0 Å². The summed E-state index contributed by atoms with van der Waals surface area (Å²) in [7, 11) is 1.50. The summed E-state index contributed by atoms with van der Waals surface area (Å²) in [5.74, 6) is 0.832. The lowest BCUT2D eigenvalue weighted by atomic mass is 9.96. The molecule has 4 N–H and O–H groups in total. The van der Waals surface area contributed by atoms with Gasteiger partial charge in [-0.25, -0.2) is 4.79 Å². The van der Waals surface area contributed by atoms with E-state index in [4.69, 9.17) is 14.2 Å². The zero-order valence-corrected chi connectivity index (χ0v) is 22.9. The molecular formula is C28H39N5O6. The van der Waals surface area contributed by atoms with Crippen LogP contribution in [-0.2, 0) is 9.53 Å². The van der Waals surface area contributed by atoms with Crippen LogP contribution in [0.3, 0.4) is 0 Å². The molecule has 11 nitrogen and oxygen atoms in total. The number of ether oxygens (including phenoxy) is 3. The predicted octanol–water partition coefficient (Wildman–Crippen LogP) is 4.66. The van der Waals surface area contributed by atoms with Crippen LogP contribution in [0.1, 0.15) is 82.4 Å². The van der Waals surface area contributed by atoms with Gasteiger partial charge in [-0.2, -0.15) is 5.10 Å². The number of H-pyrrole nitrogens is 1. The number of nitrogens with zero attached hydrogens (tertiary/aromatic N) is 2. The quantitative estimate of drug-likeness (QED) is 0.320. The third kappa shape index (κ3) is 8.11. The standard InChI is InChI=1S/C28H39N5O6/c1-17(2)30-28(36)39-20-10-9-18(11-20)23-14-26(33-32-23)31-27(35)16-38-25-13-21(37-3)12-24(34)22(25)15-29-19-7-5-4-6-8-19/h12-15,17-20,34H,4-11,16H2,1-3H3,(H,30,36)(H2,31,32,33,35)/t18-,20+/m0/s1. The van der Waals surface area contributed by atoms with Gasteiger partial charge >= 0.3 is 6.09 Å². The molecule has 2 aliphatic rings. The van der Waals surface area contributed by atoms with Crippen LogP contribution >= 0.6 is 0 Å². The fourth-order valence-corrected chi connectivity index (χ4v) is 5.05. The highest BCUT2D eigenvalue weighted by Gasteiger charge is 2.30. The summed E-state index contributed by atoms with van der Waals surface area (Å²) in [4.78, 5) is 29.2. The first kappa shape index (κ1) is 28.3. The first-order chi connectivity index (χ1) is 18.8. The van der Waals surface area contributed by atoms with Crippen molar-refractivity contribution in [2.45, 2.75) is 89.3 Å². The van der Waals surface area contributed by atoms with E-state index in [0.717, 1.165) is 44.2 Å². The Morgan fingerprint density at radius 1 is 1.18 bits per heavy atom. The molecule has 0 spiro atoms. The number of hydrogen-bond acceptors (Lipinski definition) is 8. The van der Waals surface area contributed by atoms with Crippen molar-refractivity contribution >= 4 is 24.0 Å². The summed E-state index contributed by atoms with van der Waals surface area (Å²) in [5.41, 5.74) is 1.29. The van der Waals surface area contributed by atoms with Crippen molar-refractivity contribution < 1.29 is 28.9 Å². The molecule has 2 aromatic rings. The van der Waals surface area contributed by atoms with Gasteiger partial charge in [-0.15, -0.1) is 0 Å². The Hall–Kier alpha value is -3.76. The van der Waals surface area contributed by atoms with E-state index in [-0.39, 0.29) is 36.5 Å². The molecule has 0 aliphatic heterocycles. The normalized spacial score (nSPS) is 19.8. The number of nitrogens with one attached hydrogen (secondary N) is 3. The van der Waals surface area contributed by atoms with Crippen LogP contribution in [0, 0.1) is 0 Å². The highest BCUT2D eigenvalue weighted by Crippen LogP contribution is 2.36. The van der Waals surface area contributed by atoms with Crippen LogP contribution in [-0.4, -0.2) is 65.4 Å². The molecule has 11 heteroatoms. The Morgan fingerprint density at radius 2 is 1.97 bits per heavy atom. The number of aliphatic imine (C=N–C) groups is 1. The fourth-order valence-electron chi connectivity index (χ4n) is 5.05. The summed E-state index contributed by atoms with van der Waals surface area (Å²) in [6.45, 7) is 3.48. The molecule has 0 radical (unpaired) electrons. The Morgan fingerprint density at radius 3 is 2.72 bits per heavy atom. The van der Waals surface area contributed by atoms with Gasteiger partial charge in [0, 0.05) is 48.1 Å². The van der Waals surface area contributed by atoms with Crippen LogP contribution in [0.4, 0.5) is 10.6 Å². The minimum absolute atomic E-state index is 0.0216. The molecule has 0 bridgehead atoms. The van der Waals surface area contributed by atoms with Crippen molar-refractivity contribution in [2.24, 2.45) is 4.99 Å². The van der Waals surface area contributed by atoms with Crippen LogP contribution in [0.15, 0.2) is 23.2 Å². The number of phenolic OH excluding ortho intramolecular Hbond substituents is 1. The average Bonchev–Trinajstić information content (AvgIpc) is 3.56. The molecule has 1 aromatic heterocycles. The number of rotatable bonds is 10. The Labute approximate surface area is 228 Å². The second kappa shape index (κ2) is 13.3. The molecule has 39 heavy (non-hydrogen) atoms. The molecule has 1 heterocycles. The number of alkyl carbamates (subject to hydrolysis) is 1. The maximum atomic E-state index is 12.7. The summed E-state index contributed by atoms with van der Waals surface area (Å²) in [6, 6.07) is 5.16. The maximum absolute atomic E-state index is 12.7. The zero-order chi connectivity index (χ0) is 27.8. The van der Waals surface area contributed by atoms with E-state index in [0.29, 0.717) is 29.3 Å². The van der Waals surface area contributed by atoms with Crippen LogP contribution in [0.2, 0.25) is 0 Å². The number of phenols is 1. The van der Waals surface area contributed by atoms with E-state index in [1.165, 1.54) is 19.6 Å². The van der Waals surface area contributed by atoms with Gasteiger partial charge in [0.05, 0.1) is 12.7 Å². The van der Waals surface area contributed by atoms with Gasteiger partial charge in [0.25, 0.3) is 5.91 Å². The number of carbonyl (C=O) groups excluding carboxylic acids is 2. The molecule has 2 amide bonds. The van der Waals surface area contributed by atoms with Crippen LogP contribution in [0.5, 0.6) is 17.2 Å².